The highest BCUT2D eigenvalue weighted by molar-refractivity contribution is 6.30. The van der Waals surface area contributed by atoms with E-state index in [0.29, 0.717) is 17.1 Å². The van der Waals surface area contributed by atoms with E-state index in [-0.39, 0.29) is 0 Å². The predicted octanol–water partition coefficient (Wildman–Crippen LogP) is 4.33. The Morgan fingerprint density at radius 2 is 1.90 bits per heavy atom. The maximum atomic E-state index is 6.32. The summed E-state index contributed by atoms with van der Waals surface area (Å²) in [6.45, 7) is 4.40. The molecule has 2 atom stereocenters. The van der Waals surface area contributed by atoms with E-state index in [0.717, 1.165) is 23.1 Å². The molecule has 2 aliphatic rings. The second-order valence-electron chi connectivity index (χ2n) is 6.63. The molecule has 0 spiro atoms. The van der Waals surface area contributed by atoms with Gasteiger partial charge < -0.3 is 4.90 Å². The quantitative estimate of drug-likeness (QED) is 0.777. The van der Waals surface area contributed by atoms with Crippen LogP contribution in [0.25, 0.3) is 0 Å². The van der Waals surface area contributed by atoms with Crippen LogP contribution in [0.4, 0.5) is 5.82 Å². The average molecular weight is 294 g/mol. The molecule has 0 amide bonds. The van der Waals surface area contributed by atoms with Gasteiger partial charge >= 0.3 is 0 Å². The third kappa shape index (κ3) is 2.78. The first-order chi connectivity index (χ1) is 9.56. The monoisotopic (exact) mass is 293 g/mol. The summed E-state index contributed by atoms with van der Waals surface area (Å²) in [5.41, 5.74) is 1.02. The lowest BCUT2D eigenvalue weighted by molar-refractivity contribution is 0.335. The van der Waals surface area contributed by atoms with Gasteiger partial charge in [0.05, 0.1) is 0 Å². The Bertz CT molecular complexity index is 499. The Labute approximate surface area is 126 Å². The molecule has 0 bridgehead atoms. The lowest BCUT2D eigenvalue weighted by Crippen LogP contribution is -2.36. The number of aromatic nitrogens is 2. The number of hydrogen-bond acceptors (Lipinski definition) is 3. The Morgan fingerprint density at radius 3 is 2.55 bits per heavy atom. The summed E-state index contributed by atoms with van der Waals surface area (Å²) in [5.74, 6) is 3.36. The van der Waals surface area contributed by atoms with Crippen LogP contribution in [-0.2, 0) is 0 Å². The van der Waals surface area contributed by atoms with Gasteiger partial charge in [-0.1, -0.05) is 31.4 Å². The smallest absolute Gasteiger partial charge is 0.137 e. The molecule has 2 aliphatic carbocycles. The molecule has 2 fully saturated rings. The van der Waals surface area contributed by atoms with Crippen molar-refractivity contribution in [2.45, 2.75) is 64.3 Å². The van der Waals surface area contributed by atoms with Gasteiger partial charge in [0.15, 0.2) is 0 Å². The summed E-state index contributed by atoms with van der Waals surface area (Å²) in [5, 5.41) is 0.632. The van der Waals surface area contributed by atoms with E-state index in [1.807, 2.05) is 6.92 Å². The predicted molar refractivity (Wildman–Crippen MR) is 83.6 cm³/mol. The largest absolute Gasteiger partial charge is 0.356 e. The Balaban J connectivity index is 1.87. The fraction of sp³-hybridized carbons (Fsp3) is 0.750. The summed E-state index contributed by atoms with van der Waals surface area (Å²) in [7, 11) is 2.17. The van der Waals surface area contributed by atoms with E-state index in [4.69, 9.17) is 16.6 Å². The van der Waals surface area contributed by atoms with Crippen LogP contribution in [0, 0.1) is 12.8 Å². The van der Waals surface area contributed by atoms with E-state index >= 15 is 0 Å². The Kier molecular flexibility index (Phi) is 3.89. The van der Waals surface area contributed by atoms with Gasteiger partial charge in [0.1, 0.15) is 16.8 Å². The van der Waals surface area contributed by atoms with Gasteiger partial charge in [-0.3, -0.25) is 0 Å². The first-order valence-corrected chi connectivity index (χ1v) is 8.21. The molecular weight excluding hydrogens is 270 g/mol. The standard InChI is InChI=1S/C16H24ClN3/c1-10-5-4-6-13(9-10)20(3)16-11(2)14(17)18-15(19-16)12-7-8-12/h10,12-13H,4-9H2,1-3H3. The molecule has 110 valence electrons. The minimum absolute atomic E-state index is 0.547. The van der Waals surface area contributed by atoms with E-state index in [1.54, 1.807) is 0 Å². The molecule has 2 saturated carbocycles. The first kappa shape index (κ1) is 14.1. The van der Waals surface area contributed by atoms with Crippen molar-refractivity contribution in [1.82, 2.24) is 9.97 Å². The molecule has 4 heteroatoms. The zero-order valence-corrected chi connectivity index (χ0v) is 13.5. The van der Waals surface area contributed by atoms with Crippen LogP contribution in [0.15, 0.2) is 0 Å². The molecule has 3 nitrogen and oxygen atoms in total. The molecule has 0 N–H and O–H groups in total. The van der Waals surface area contributed by atoms with Crippen LogP contribution >= 0.6 is 11.6 Å². The molecular formula is C16H24ClN3. The average Bonchev–Trinajstić information content (AvgIpc) is 3.25. The summed E-state index contributed by atoms with van der Waals surface area (Å²) in [6.07, 6.45) is 7.63. The topological polar surface area (TPSA) is 29.0 Å². The van der Waals surface area contributed by atoms with Gasteiger partial charge in [0, 0.05) is 24.6 Å². The number of anilines is 1. The molecule has 1 aromatic heterocycles. The van der Waals surface area contributed by atoms with E-state index in [1.165, 1.54) is 38.5 Å². The van der Waals surface area contributed by atoms with Crippen LogP contribution in [0.5, 0.6) is 0 Å². The van der Waals surface area contributed by atoms with Gasteiger partial charge in [-0.2, -0.15) is 0 Å². The van der Waals surface area contributed by atoms with Gasteiger partial charge in [-0.15, -0.1) is 0 Å². The molecule has 2 unspecified atom stereocenters. The highest BCUT2D eigenvalue weighted by Crippen LogP contribution is 2.40. The maximum absolute atomic E-state index is 6.32. The second-order valence-corrected chi connectivity index (χ2v) is 6.99. The van der Waals surface area contributed by atoms with E-state index in [9.17, 15) is 0 Å². The van der Waals surface area contributed by atoms with Crippen molar-refractivity contribution in [3.63, 3.8) is 0 Å². The lowest BCUT2D eigenvalue weighted by atomic mass is 9.86. The minimum atomic E-state index is 0.547. The third-order valence-electron chi connectivity index (χ3n) is 4.81. The van der Waals surface area contributed by atoms with Crippen molar-refractivity contribution in [2.24, 2.45) is 5.92 Å². The molecule has 0 radical (unpaired) electrons. The zero-order chi connectivity index (χ0) is 14.3. The summed E-state index contributed by atoms with van der Waals surface area (Å²) >= 11 is 6.32. The van der Waals surface area contributed by atoms with E-state index < -0.39 is 0 Å². The SMILES string of the molecule is Cc1c(Cl)nc(C2CC2)nc1N(C)C1CCCC(C)C1. The minimum Gasteiger partial charge on any atom is -0.356 e. The molecule has 0 saturated heterocycles. The third-order valence-corrected chi connectivity index (χ3v) is 5.18. The molecule has 3 rings (SSSR count). The lowest BCUT2D eigenvalue weighted by Gasteiger charge is -2.35. The number of rotatable bonds is 3. The first-order valence-electron chi connectivity index (χ1n) is 7.83. The number of hydrogen-bond donors (Lipinski definition) is 0. The van der Waals surface area contributed by atoms with Crippen LogP contribution in [0.2, 0.25) is 5.15 Å². The normalized spacial score (nSPS) is 26.6. The van der Waals surface area contributed by atoms with Crippen LogP contribution < -0.4 is 4.90 Å². The Hall–Kier alpha value is -0.830. The van der Waals surface area contributed by atoms with Gasteiger partial charge in [-0.25, -0.2) is 9.97 Å². The molecule has 0 aromatic carbocycles. The van der Waals surface area contributed by atoms with Crippen LogP contribution in [0.1, 0.15) is 62.8 Å². The van der Waals surface area contributed by atoms with Crippen molar-refractivity contribution in [1.29, 1.82) is 0 Å². The zero-order valence-electron chi connectivity index (χ0n) is 12.7. The maximum Gasteiger partial charge on any atom is 0.137 e. The fourth-order valence-electron chi connectivity index (χ4n) is 3.29. The van der Waals surface area contributed by atoms with Crippen molar-refractivity contribution < 1.29 is 0 Å². The molecule has 1 aromatic rings. The molecule has 1 heterocycles. The Morgan fingerprint density at radius 1 is 1.15 bits per heavy atom. The fourth-order valence-corrected chi connectivity index (χ4v) is 3.46. The molecule has 20 heavy (non-hydrogen) atoms. The highest BCUT2D eigenvalue weighted by Gasteiger charge is 2.30. The van der Waals surface area contributed by atoms with Gasteiger partial charge in [-0.05, 0) is 38.5 Å². The van der Waals surface area contributed by atoms with E-state index in [2.05, 4.69) is 23.9 Å². The number of nitrogens with zero attached hydrogens (tertiary/aromatic N) is 3. The van der Waals surface area contributed by atoms with Crippen molar-refractivity contribution >= 4 is 17.4 Å². The molecule has 0 aliphatic heterocycles. The van der Waals surface area contributed by atoms with Crippen molar-refractivity contribution in [3.05, 3.63) is 16.5 Å². The van der Waals surface area contributed by atoms with Crippen LogP contribution in [-0.4, -0.2) is 23.1 Å². The van der Waals surface area contributed by atoms with Crippen molar-refractivity contribution in [3.8, 4) is 0 Å². The van der Waals surface area contributed by atoms with Crippen molar-refractivity contribution in [2.75, 3.05) is 11.9 Å². The summed E-state index contributed by atoms with van der Waals surface area (Å²) in [6, 6.07) is 0.593. The highest BCUT2D eigenvalue weighted by atomic mass is 35.5. The van der Waals surface area contributed by atoms with Gasteiger partial charge in [0.25, 0.3) is 0 Å². The van der Waals surface area contributed by atoms with Crippen LogP contribution in [0.3, 0.4) is 0 Å². The summed E-state index contributed by atoms with van der Waals surface area (Å²) in [4.78, 5) is 11.6. The number of halogens is 1. The summed E-state index contributed by atoms with van der Waals surface area (Å²) < 4.78 is 0. The second kappa shape index (κ2) is 5.51. The van der Waals surface area contributed by atoms with Gasteiger partial charge in [0.2, 0.25) is 0 Å².